The predicted molar refractivity (Wildman–Crippen MR) is 68.7 cm³/mol. The summed E-state index contributed by atoms with van der Waals surface area (Å²) < 4.78 is 0. The van der Waals surface area contributed by atoms with E-state index in [9.17, 15) is 4.79 Å². The van der Waals surface area contributed by atoms with E-state index in [0.717, 1.165) is 19.3 Å². The fraction of sp³-hybridized carbons (Fsp3) is 0.923. The number of nitrogens with one attached hydrogen (secondary N) is 2. The summed E-state index contributed by atoms with van der Waals surface area (Å²) in [6.07, 6.45) is 7.01. The molecule has 0 aromatic heterocycles. The normalized spacial score (nSPS) is 36.4. The number of nitrogens with two attached hydrogens (primary N) is 1. The second-order valence-corrected chi connectivity index (χ2v) is 5.52. The number of urea groups is 1. The summed E-state index contributed by atoms with van der Waals surface area (Å²) in [7, 11) is 0. The van der Waals surface area contributed by atoms with E-state index < -0.39 is 0 Å². The molecule has 2 amide bonds. The third-order valence-corrected chi connectivity index (χ3v) is 4.29. The van der Waals surface area contributed by atoms with Crippen LogP contribution in [0.25, 0.3) is 0 Å². The summed E-state index contributed by atoms with van der Waals surface area (Å²) in [6.45, 7) is 2.86. The first-order valence-corrected chi connectivity index (χ1v) is 7.01. The van der Waals surface area contributed by atoms with Crippen LogP contribution in [-0.4, -0.2) is 24.7 Å². The molecule has 2 rings (SSSR count). The Hall–Kier alpha value is -0.770. The summed E-state index contributed by atoms with van der Waals surface area (Å²) in [4.78, 5) is 11.8. The van der Waals surface area contributed by atoms with Crippen LogP contribution in [0.15, 0.2) is 0 Å². The molecule has 4 atom stereocenters. The van der Waals surface area contributed by atoms with Crippen molar-refractivity contribution in [2.24, 2.45) is 17.6 Å². The Balaban J connectivity index is 1.73. The van der Waals surface area contributed by atoms with Crippen LogP contribution < -0.4 is 16.4 Å². The van der Waals surface area contributed by atoms with E-state index in [1.165, 1.54) is 19.3 Å². The Morgan fingerprint density at radius 3 is 2.53 bits per heavy atom. The van der Waals surface area contributed by atoms with Gasteiger partial charge in [-0.25, -0.2) is 4.79 Å². The Morgan fingerprint density at radius 1 is 1.18 bits per heavy atom. The quantitative estimate of drug-likeness (QED) is 0.697. The zero-order valence-electron chi connectivity index (χ0n) is 10.7. The van der Waals surface area contributed by atoms with E-state index in [0.29, 0.717) is 24.4 Å². The monoisotopic (exact) mass is 239 g/mol. The van der Waals surface area contributed by atoms with Gasteiger partial charge >= 0.3 is 6.03 Å². The molecular formula is C13H25N3O. The summed E-state index contributed by atoms with van der Waals surface area (Å²) in [5.41, 5.74) is 5.75. The van der Waals surface area contributed by atoms with Crippen molar-refractivity contribution < 1.29 is 4.79 Å². The van der Waals surface area contributed by atoms with Gasteiger partial charge in [-0.3, -0.25) is 0 Å². The smallest absolute Gasteiger partial charge is 0.315 e. The van der Waals surface area contributed by atoms with Gasteiger partial charge in [0.05, 0.1) is 0 Å². The molecule has 98 valence electrons. The molecule has 4 heteroatoms. The van der Waals surface area contributed by atoms with Crippen LogP contribution in [0.4, 0.5) is 4.79 Å². The maximum absolute atomic E-state index is 11.8. The molecule has 2 aliphatic carbocycles. The van der Waals surface area contributed by atoms with E-state index in [1.807, 2.05) is 0 Å². The molecular weight excluding hydrogens is 214 g/mol. The lowest BCUT2D eigenvalue weighted by Gasteiger charge is -2.31. The Bertz CT molecular complexity index is 269. The summed E-state index contributed by atoms with van der Waals surface area (Å²) in [5, 5.41) is 6.16. The second kappa shape index (κ2) is 5.71. The van der Waals surface area contributed by atoms with Gasteiger partial charge in [0, 0.05) is 12.1 Å². The first-order valence-electron chi connectivity index (χ1n) is 7.01. The van der Waals surface area contributed by atoms with Crippen LogP contribution in [0.2, 0.25) is 0 Å². The molecule has 0 saturated heterocycles. The minimum atomic E-state index is 0.0105. The van der Waals surface area contributed by atoms with Crippen molar-refractivity contribution in [2.75, 3.05) is 6.54 Å². The predicted octanol–water partition coefficient (Wildman–Crippen LogP) is 1.60. The molecule has 2 aliphatic rings. The van der Waals surface area contributed by atoms with Gasteiger partial charge in [0.1, 0.15) is 0 Å². The van der Waals surface area contributed by atoms with Gasteiger partial charge in [-0.2, -0.15) is 0 Å². The minimum absolute atomic E-state index is 0.0105. The first-order chi connectivity index (χ1) is 8.24. The van der Waals surface area contributed by atoms with Gasteiger partial charge in [0.2, 0.25) is 0 Å². The molecule has 0 aliphatic heterocycles. The lowest BCUT2D eigenvalue weighted by atomic mass is 9.84. The second-order valence-electron chi connectivity index (χ2n) is 5.52. The van der Waals surface area contributed by atoms with Crippen LogP contribution in [-0.2, 0) is 0 Å². The molecule has 4 N–H and O–H groups in total. The summed E-state index contributed by atoms with van der Waals surface area (Å²) in [6, 6.07) is 0.712. The molecule has 4 nitrogen and oxygen atoms in total. The van der Waals surface area contributed by atoms with E-state index in [2.05, 4.69) is 17.6 Å². The molecule has 0 radical (unpaired) electrons. The molecule has 17 heavy (non-hydrogen) atoms. The van der Waals surface area contributed by atoms with Gasteiger partial charge in [-0.1, -0.05) is 26.2 Å². The number of amides is 2. The van der Waals surface area contributed by atoms with Crippen molar-refractivity contribution >= 4 is 6.03 Å². The lowest BCUT2D eigenvalue weighted by molar-refractivity contribution is 0.218. The van der Waals surface area contributed by atoms with Crippen molar-refractivity contribution in [2.45, 2.75) is 57.5 Å². The summed E-state index contributed by atoms with van der Waals surface area (Å²) >= 11 is 0. The zero-order chi connectivity index (χ0) is 12.3. The fourth-order valence-electron chi connectivity index (χ4n) is 2.93. The highest BCUT2D eigenvalue weighted by molar-refractivity contribution is 5.75. The van der Waals surface area contributed by atoms with Crippen LogP contribution in [0.1, 0.15) is 45.4 Å². The molecule has 2 saturated carbocycles. The van der Waals surface area contributed by atoms with E-state index in [-0.39, 0.29) is 12.1 Å². The summed E-state index contributed by atoms with van der Waals surface area (Å²) in [5.74, 6) is 1.17. The van der Waals surface area contributed by atoms with E-state index >= 15 is 0 Å². The van der Waals surface area contributed by atoms with Crippen LogP contribution in [0.3, 0.4) is 0 Å². The van der Waals surface area contributed by atoms with Crippen molar-refractivity contribution in [3.8, 4) is 0 Å². The van der Waals surface area contributed by atoms with Crippen molar-refractivity contribution in [3.63, 3.8) is 0 Å². The number of carbonyl (C=O) groups excluding carboxylic acids is 1. The lowest BCUT2D eigenvalue weighted by Crippen LogP contribution is -2.49. The van der Waals surface area contributed by atoms with Gasteiger partial charge in [0.25, 0.3) is 0 Å². The SMILES string of the molecule is CC[C@@H]1C[C@H]1NC(=O)NC1CCCCC1CN. The first kappa shape index (κ1) is 12.7. The van der Waals surface area contributed by atoms with Gasteiger partial charge in [-0.15, -0.1) is 0 Å². The maximum atomic E-state index is 11.8. The molecule has 2 fully saturated rings. The molecule has 0 bridgehead atoms. The number of hydrogen-bond acceptors (Lipinski definition) is 2. The highest BCUT2D eigenvalue weighted by Crippen LogP contribution is 2.33. The molecule has 0 spiro atoms. The standard InChI is InChI=1S/C13H25N3O/c1-2-9-7-12(9)16-13(17)15-11-6-4-3-5-10(11)8-14/h9-12H,2-8,14H2,1H3,(H2,15,16,17)/t9-,10?,11?,12-/m1/s1. The third-order valence-electron chi connectivity index (χ3n) is 4.29. The van der Waals surface area contributed by atoms with Gasteiger partial charge < -0.3 is 16.4 Å². The Labute approximate surface area is 104 Å². The molecule has 0 aromatic rings. The topological polar surface area (TPSA) is 67.2 Å². The number of hydrogen-bond donors (Lipinski definition) is 3. The molecule has 0 heterocycles. The Kier molecular flexibility index (Phi) is 4.26. The fourth-order valence-corrected chi connectivity index (χ4v) is 2.93. The Morgan fingerprint density at radius 2 is 1.88 bits per heavy atom. The highest BCUT2D eigenvalue weighted by atomic mass is 16.2. The average Bonchev–Trinajstić information content (AvgIpc) is 3.08. The number of rotatable bonds is 4. The third kappa shape index (κ3) is 3.35. The van der Waals surface area contributed by atoms with Gasteiger partial charge in [0.15, 0.2) is 0 Å². The van der Waals surface area contributed by atoms with Crippen molar-refractivity contribution in [1.82, 2.24) is 10.6 Å². The zero-order valence-corrected chi connectivity index (χ0v) is 10.7. The van der Waals surface area contributed by atoms with Gasteiger partial charge in [-0.05, 0) is 37.6 Å². The highest BCUT2D eigenvalue weighted by Gasteiger charge is 2.37. The van der Waals surface area contributed by atoms with Crippen LogP contribution in [0.5, 0.6) is 0 Å². The van der Waals surface area contributed by atoms with Crippen LogP contribution in [0, 0.1) is 11.8 Å². The minimum Gasteiger partial charge on any atom is -0.335 e. The largest absolute Gasteiger partial charge is 0.335 e. The van der Waals surface area contributed by atoms with Crippen molar-refractivity contribution in [3.05, 3.63) is 0 Å². The van der Waals surface area contributed by atoms with E-state index in [1.54, 1.807) is 0 Å². The number of carbonyl (C=O) groups is 1. The molecule has 2 unspecified atom stereocenters. The van der Waals surface area contributed by atoms with E-state index in [4.69, 9.17) is 5.73 Å². The van der Waals surface area contributed by atoms with Crippen molar-refractivity contribution in [1.29, 1.82) is 0 Å². The maximum Gasteiger partial charge on any atom is 0.315 e. The van der Waals surface area contributed by atoms with Crippen LogP contribution >= 0.6 is 0 Å². The average molecular weight is 239 g/mol. The molecule has 0 aromatic carbocycles.